The number of hydrogen-bond acceptors (Lipinski definition) is 2. The molecule has 8 bridgehead atoms. The van der Waals surface area contributed by atoms with E-state index in [1.807, 2.05) is 35.9 Å². The number of nitrogens with one attached hydrogen (secondary N) is 2. The number of hydrogen-bond donors (Lipinski definition) is 2. The summed E-state index contributed by atoms with van der Waals surface area (Å²) < 4.78 is 0. The maximum absolute atomic E-state index is 3.77. The molecule has 10 aliphatic rings. The van der Waals surface area contributed by atoms with Crippen molar-refractivity contribution in [2.75, 3.05) is 26.2 Å². The van der Waals surface area contributed by atoms with Crippen molar-refractivity contribution in [3.05, 3.63) is 59.7 Å². The molecule has 0 aromatic heterocycles. The quantitative estimate of drug-likeness (QED) is 0.173. The summed E-state index contributed by atoms with van der Waals surface area (Å²) in [6.45, 7) is 4.85. The first-order valence-electron chi connectivity index (χ1n) is 19.0. The van der Waals surface area contributed by atoms with Crippen LogP contribution < -0.4 is 10.6 Å². The minimum Gasteiger partial charge on any atom is -0.748 e. The van der Waals surface area contributed by atoms with Gasteiger partial charge in [-0.2, -0.15) is 11.6 Å². The summed E-state index contributed by atoms with van der Waals surface area (Å²) in [7, 11) is 3.62. The van der Waals surface area contributed by atoms with Crippen molar-refractivity contribution in [1.29, 1.82) is 0 Å². The van der Waals surface area contributed by atoms with Gasteiger partial charge in [0.25, 0.3) is 0 Å². The summed E-state index contributed by atoms with van der Waals surface area (Å²) in [6, 6.07) is 17.7. The Kier molecular flexibility index (Phi) is 9.57. The molecule has 2 aliphatic heterocycles. The maximum atomic E-state index is 3.77. The van der Waals surface area contributed by atoms with Crippen LogP contribution in [0.15, 0.2) is 48.5 Å². The summed E-state index contributed by atoms with van der Waals surface area (Å²) in [5.41, 5.74) is 5.81. The Morgan fingerprint density at radius 1 is 0.689 bits per heavy atom. The summed E-state index contributed by atoms with van der Waals surface area (Å²) in [6.07, 6.45) is 20.3. The van der Waals surface area contributed by atoms with Gasteiger partial charge in [-0.3, -0.25) is 0 Å². The van der Waals surface area contributed by atoms with E-state index in [0.717, 1.165) is 70.5 Å². The Hall–Kier alpha value is -0.000519. The van der Waals surface area contributed by atoms with E-state index >= 15 is 0 Å². The first-order chi connectivity index (χ1) is 21.6. The summed E-state index contributed by atoms with van der Waals surface area (Å²) in [4.78, 5) is 0. The third kappa shape index (κ3) is 5.87. The second kappa shape index (κ2) is 13.4. The van der Waals surface area contributed by atoms with Crippen LogP contribution in [0.3, 0.4) is 0 Å². The molecule has 2 heterocycles. The van der Waals surface area contributed by atoms with Gasteiger partial charge in [0.2, 0.25) is 0 Å². The van der Waals surface area contributed by atoms with E-state index in [9.17, 15) is 0 Å². The molecule has 2 saturated heterocycles. The minimum absolute atomic E-state index is 0. The van der Waals surface area contributed by atoms with Crippen LogP contribution in [0.5, 0.6) is 0 Å². The molecule has 3 atom stereocenters. The first kappa shape index (κ1) is 32.2. The van der Waals surface area contributed by atoms with Crippen LogP contribution in [0.4, 0.5) is 0 Å². The van der Waals surface area contributed by atoms with Gasteiger partial charge in [-0.05, 0) is 185 Å². The van der Waals surface area contributed by atoms with Gasteiger partial charge in [0, 0.05) is 17.1 Å². The van der Waals surface area contributed by atoms with E-state index in [4.69, 9.17) is 0 Å². The van der Waals surface area contributed by atoms with Gasteiger partial charge in [-0.1, -0.05) is 7.92 Å². The van der Waals surface area contributed by atoms with Gasteiger partial charge in [0.05, 0.1) is 0 Å². The average Bonchev–Trinajstić information content (AvgIpc) is 3.85. The summed E-state index contributed by atoms with van der Waals surface area (Å²) >= 11 is 0. The van der Waals surface area contributed by atoms with E-state index < -0.39 is 0 Å². The average molecular weight is 685 g/mol. The zero-order valence-corrected chi connectivity index (χ0v) is 30.6. The van der Waals surface area contributed by atoms with E-state index in [1.165, 1.54) is 45.2 Å². The molecular formula is C40H58FeN2P2-6. The molecule has 8 saturated carbocycles. The van der Waals surface area contributed by atoms with Crippen molar-refractivity contribution in [3.8, 4) is 0 Å². The van der Waals surface area contributed by atoms with Crippen LogP contribution in [-0.4, -0.2) is 37.5 Å². The van der Waals surface area contributed by atoms with Crippen molar-refractivity contribution in [1.82, 2.24) is 10.6 Å². The van der Waals surface area contributed by atoms with E-state index in [1.54, 1.807) is 69.8 Å². The summed E-state index contributed by atoms with van der Waals surface area (Å²) in [5, 5.41) is 7.79. The van der Waals surface area contributed by atoms with Crippen molar-refractivity contribution in [2.24, 2.45) is 59.2 Å². The monoisotopic (exact) mass is 684 g/mol. The molecule has 2 aromatic rings. The molecule has 252 valence electrons. The first-order valence-corrected chi connectivity index (χ1v) is 21.3. The van der Waals surface area contributed by atoms with Crippen LogP contribution in [0.2, 0.25) is 0 Å². The van der Waals surface area contributed by atoms with E-state index in [2.05, 4.69) is 38.1 Å². The molecule has 5 heteroatoms. The van der Waals surface area contributed by atoms with E-state index in [-0.39, 0.29) is 30.1 Å². The summed E-state index contributed by atoms with van der Waals surface area (Å²) in [5.74, 6) is 10.4. The molecule has 8 aliphatic carbocycles. The normalized spacial score (nSPS) is 44.3. The fraction of sp³-hybridized carbons (Fsp3) is 0.750. The molecule has 2 N–H and O–H groups in total. The molecular weight excluding hydrogens is 626 g/mol. The molecule has 0 amide bonds. The smallest absolute Gasteiger partial charge is 0 e. The fourth-order valence-electron chi connectivity index (χ4n) is 13.7. The van der Waals surface area contributed by atoms with Gasteiger partial charge in [-0.15, -0.1) is 14.8 Å². The third-order valence-corrected chi connectivity index (χ3v) is 20.1. The van der Waals surface area contributed by atoms with Crippen molar-refractivity contribution in [2.45, 2.75) is 99.7 Å². The molecule has 3 unspecified atom stereocenters. The van der Waals surface area contributed by atoms with Crippen molar-refractivity contribution >= 4 is 17.2 Å². The fourth-order valence-corrected chi connectivity index (χ4v) is 19.2. The third-order valence-electron chi connectivity index (χ3n) is 14.9. The SMILES string of the molecule is PC([c-]1cccc1CP(C1C2CC3CC(C2)CC1C3)C1C2CC3CC(C2)CC1C3)(C1CCNC1)C1CCNC1.[Fe].[cH-]1[cH-][cH-][cH-][cH-]1. The molecule has 2 nitrogen and oxygen atoms in total. The van der Waals surface area contributed by atoms with Crippen LogP contribution in [0, 0.1) is 59.2 Å². The van der Waals surface area contributed by atoms with Crippen LogP contribution in [-0.2, 0) is 28.4 Å². The van der Waals surface area contributed by atoms with Gasteiger partial charge >= 0.3 is 0 Å². The zero-order valence-electron chi connectivity index (χ0n) is 27.4. The van der Waals surface area contributed by atoms with Gasteiger partial charge in [-0.25, -0.2) is 12.1 Å². The second-order valence-electron chi connectivity index (χ2n) is 17.3. The van der Waals surface area contributed by atoms with Crippen LogP contribution in [0.25, 0.3) is 0 Å². The predicted molar refractivity (Wildman–Crippen MR) is 190 cm³/mol. The number of rotatable bonds is 7. The molecule has 0 spiro atoms. The molecule has 2 aromatic carbocycles. The second-order valence-corrected chi connectivity index (χ2v) is 20.7. The van der Waals surface area contributed by atoms with Crippen LogP contribution >= 0.6 is 17.2 Å². The Labute approximate surface area is 288 Å². The molecule has 12 rings (SSSR count). The Morgan fingerprint density at radius 3 is 1.49 bits per heavy atom. The van der Waals surface area contributed by atoms with Gasteiger partial charge in [0.1, 0.15) is 0 Å². The Bertz CT molecular complexity index is 1110. The Balaban J connectivity index is 0.000000460. The maximum Gasteiger partial charge on any atom is 0 e. The van der Waals surface area contributed by atoms with Gasteiger partial charge in [0.15, 0.2) is 0 Å². The molecule has 0 radical (unpaired) electrons. The zero-order chi connectivity index (χ0) is 29.3. The van der Waals surface area contributed by atoms with Crippen LogP contribution in [0.1, 0.15) is 88.2 Å². The minimum atomic E-state index is 0. The predicted octanol–water partition coefficient (Wildman–Crippen LogP) is 8.73. The van der Waals surface area contributed by atoms with E-state index in [0.29, 0.717) is 0 Å². The largest absolute Gasteiger partial charge is 0.748 e. The topological polar surface area (TPSA) is 24.1 Å². The van der Waals surface area contributed by atoms with Crippen molar-refractivity contribution in [3.63, 3.8) is 0 Å². The Morgan fingerprint density at radius 2 is 1.11 bits per heavy atom. The molecule has 10 fully saturated rings. The van der Waals surface area contributed by atoms with Crippen molar-refractivity contribution < 1.29 is 17.1 Å². The molecule has 45 heavy (non-hydrogen) atoms. The van der Waals surface area contributed by atoms with Gasteiger partial charge < -0.3 is 41.0 Å². The standard InChI is InChI=1S/C35H53N2P2.C5H5.Fe/c38-35(30-4-6-36-18-30,31-5-7-37-19-31)32-3-1-2-25(32)20-39(33-26-10-21-8-22(12-26)13-27(33)11-21)34-28-14-23-9-24(16-28)17-29(34)15-23;1-2-4-5-3-1;/h1-3,21-24,26-31,33-34,36-37H,4-20,38H2;1-5H;/q-1;-5;.